The topological polar surface area (TPSA) is 34.1 Å². The van der Waals surface area contributed by atoms with Crippen molar-refractivity contribution in [2.24, 2.45) is 0 Å². The standard InChI is InChI=1S/C19H23ClN2O/c1-12-8-15(20)9-13(2)19(12)23-18-11-17(10-14(3)21-18)22-16-6-4-5-7-16/h8-11,16H,4-7H2,1-3H3,(H,21,22). The van der Waals surface area contributed by atoms with Crippen LogP contribution in [0, 0.1) is 20.8 Å². The molecule has 1 aromatic heterocycles. The van der Waals surface area contributed by atoms with E-state index in [9.17, 15) is 0 Å². The first kappa shape index (κ1) is 16.1. The van der Waals surface area contributed by atoms with Crippen LogP contribution in [0.1, 0.15) is 42.5 Å². The molecule has 1 aliphatic rings. The SMILES string of the molecule is Cc1cc(NC2CCCC2)cc(Oc2c(C)cc(Cl)cc2C)n1. The van der Waals surface area contributed by atoms with Crippen LogP contribution >= 0.6 is 11.6 Å². The van der Waals surface area contributed by atoms with Gasteiger partial charge in [-0.3, -0.25) is 0 Å². The van der Waals surface area contributed by atoms with E-state index in [4.69, 9.17) is 16.3 Å². The lowest BCUT2D eigenvalue weighted by atomic mass is 10.1. The maximum absolute atomic E-state index is 6.09. The van der Waals surface area contributed by atoms with E-state index >= 15 is 0 Å². The fourth-order valence-corrected chi connectivity index (χ4v) is 3.57. The van der Waals surface area contributed by atoms with Gasteiger partial charge in [-0.05, 0) is 62.9 Å². The van der Waals surface area contributed by atoms with Gasteiger partial charge in [0.05, 0.1) is 0 Å². The summed E-state index contributed by atoms with van der Waals surface area (Å²) in [7, 11) is 0. The number of anilines is 1. The molecule has 0 saturated heterocycles. The zero-order valence-corrected chi connectivity index (χ0v) is 14.7. The second kappa shape index (κ2) is 6.79. The Balaban J connectivity index is 1.84. The second-order valence-electron chi connectivity index (χ2n) is 6.43. The highest BCUT2D eigenvalue weighted by Crippen LogP contribution is 2.32. The van der Waals surface area contributed by atoms with Gasteiger partial charge in [0.25, 0.3) is 0 Å². The average molecular weight is 331 g/mol. The first-order valence-corrected chi connectivity index (χ1v) is 8.59. The van der Waals surface area contributed by atoms with E-state index in [2.05, 4.69) is 16.4 Å². The summed E-state index contributed by atoms with van der Waals surface area (Å²) in [6.45, 7) is 6.00. The summed E-state index contributed by atoms with van der Waals surface area (Å²) in [5.41, 5.74) is 4.07. The average Bonchev–Trinajstić information content (AvgIpc) is 2.95. The second-order valence-corrected chi connectivity index (χ2v) is 6.87. The number of pyridine rings is 1. The number of nitrogens with one attached hydrogen (secondary N) is 1. The van der Waals surface area contributed by atoms with Crippen molar-refractivity contribution in [3.8, 4) is 11.6 Å². The number of nitrogens with zero attached hydrogens (tertiary/aromatic N) is 1. The Bertz CT molecular complexity index is 686. The number of aryl methyl sites for hydroxylation is 3. The van der Waals surface area contributed by atoms with Crippen LogP contribution in [0.25, 0.3) is 0 Å². The zero-order valence-electron chi connectivity index (χ0n) is 13.9. The van der Waals surface area contributed by atoms with Crippen LogP contribution in [0.15, 0.2) is 24.3 Å². The van der Waals surface area contributed by atoms with Gasteiger partial charge in [-0.25, -0.2) is 4.98 Å². The van der Waals surface area contributed by atoms with E-state index < -0.39 is 0 Å². The lowest BCUT2D eigenvalue weighted by Crippen LogP contribution is -2.14. The predicted molar refractivity (Wildman–Crippen MR) is 95.9 cm³/mol. The van der Waals surface area contributed by atoms with Crippen LogP contribution in [-0.2, 0) is 0 Å². The van der Waals surface area contributed by atoms with Crippen molar-refractivity contribution >= 4 is 17.3 Å². The number of hydrogen-bond acceptors (Lipinski definition) is 3. The van der Waals surface area contributed by atoms with Gasteiger partial charge in [0.2, 0.25) is 5.88 Å². The Labute approximate surface area is 143 Å². The molecule has 1 heterocycles. The fourth-order valence-electron chi connectivity index (χ4n) is 3.24. The molecule has 1 saturated carbocycles. The Morgan fingerprint density at radius 2 is 1.70 bits per heavy atom. The molecule has 23 heavy (non-hydrogen) atoms. The minimum atomic E-state index is 0.573. The van der Waals surface area contributed by atoms with Crippen molar-refractivity contribution in [2.45, 2.75) is 52.5 Å². The van der Waals surface area contributed by atoms with E-state index in [1.54, 1.807) is 0 Å². The molecule has 0 atom stereocenters. The zero-order chi connectivity index (χ0) is 16.4. The molecule has 1 fully saturated rings. The molecule has 0 unspecified atom stereocenters. The van der Waals surface area contributed by atoms with Crippen molar-refractivity contribution < 1.29 is 4.74 Å². The van der Waals surface area contributed by atoms with Gasteiger partial charge in [-0.1, -0.05) is 24.4 Å². The number of rotatable bonds is 4. The molecule has 1 aliphatic carbocycles. The van der Waals surface area contributed by atoms with Crippen molar-refractivity contribution in [1.82, 2.24) is 4.98 Å². The quantitative estimate of drug-likeness (QED) is 0.768. The van der Waals surface area contributed by atoms with E-state index in [0.717, 1.165) is 33.3 Å². The van der Waals surface area contributed by atoms with Crippen molar-refractivity contribution in [2.75, 3.05) is 5.32 Å². The summed E-state index contributed by atoms with van der Waals surface area (Å²) in [4.78, 5) is 4.51. The van der Waals surface area contributed by atoms with Gasteiger partial charge in [-0.2, -0.15) is 0 Å². The molecule has 0 aliphatic heterocycles. The molecule has 4 heteroatoms. The number of benzene rings is 1. The van der Waals surface area contributed by atoms with Gasteiger partial charge in [0.15, 0.2) is 0 Å². The minimum absolute atomic E-state index is 0.573. The molecule has 0 bridgehead atoms. The lowest BCUT2D eigenvalue weighted by molar-refractivity contribution is 0.455. The molecule has 3 nitrogen and oxygen atoms in total. The number of aromatic nitrogens is 1. The van der Waals surface area contributed by atoms with Gasteiger partial charge in [0.1, 0.15) is 5.75 Å². The third-order valence-electron chi connectivity index (χ3n) is 4.29. The summed E-state index contributed by atoms with van der Waals surface area (Å²) in [5.74, 6) is 1.46. The lowest BCUT2D eigenvalue weighted by Gasteiger charge is -2.16. The third-order valence-corrected chi connectivity index (χ3v) is 4.51. The van der Waals surface area contributed by atoms with Gasteiger partial charge >= 0.3 is 0 Å². The van der Waals surface area contributed by atoms with Crippen molar-refractivity contribution in [3.63, 3.8) is 0 Å². The first-order chi connectivity index (χ1) is 11.0. The van der Waals surface area contributed by atoms with Crippen molar-refractivity contribution in [1.29, 1.82) is 0 Å². The largest absolute Gasteiger partial charge is 0.438 e. The monoisotopic (exact) mass is 330 g/mol. The summed E-state index contributed by atoms with van der Waals surface area (Å²) in [6.07, 6.45) is 5.11. The summed E-state index contributed by atoms with van der Waals surface area (Å²) in [6, 6.07) is 8.46. The number of hydrogen-bond donors (Lipinski definition) is 1. The van der Waals surface area contributed by atoms with Crippen LogP contribution in [-0.4, -0.2) is 11.0 Å². The van der Waals surface area contributed by atoms with Gasteiger partial charge < -0.3 is 10.1 Å². The Hall–Kier alpha value is -1.74. The summed E-state index contributed by atoms with van der Waals surface area (Å²) >= 11 is 6.09. The molecule has 122 valence electrons. The molecular formula is C19H23ClN2O. The highest BCUT2D eigenvalue weighted by atomic mass is 35.5. The Kier molecular flexibility index (Phi) is 4.76. The highest BCUT2D eigenvalue weighted by molar-refractivity contribution is 6.30. The maximum atomic E-state index is 6.09. The van der Waals surface area contributed by atoms with Crippen LogP contribution in [0.3, 0.4) is 0 Å². The molecule has 0 spiro atoms. The van der Waals surface area contributed by atoms with E-state index in [0.29, 0.717) is 11.9 Å². The van der Waals surface area contributed by atoms with E-state index in [1.165, 1.54) is 25.7 Å². The smallest absolute Gasteiger partial charge is 0.221 e. The highest BCUT2D eigenvalue weighted by Gasteiger charge is 2.15. The molecular weight excluding hydrogens is 308 g/mol. The summed E-state index contributed by atoms with van der Waals surface area (Å²) in [5, 5.41) is 4.33. The first-order valence-electron chi connectivity index (χ1n) is 8.21. The van der Waals surface area contributed by atoms with Crippen LogP contribution in [0.4, 0.5) is 5.69 Å². The molecule has 1 aromatic carbocycles. The third kappa shape index (κ3) is 3.97. The molecule has 3 rings (SSSR count). The van der Waals surface area contributed by atoms with E-state index in [1.807, 2.05) is 39.0 Å². The normalized spacial score (nSPS) is 15.0. The van der Waals surface area contributed by atoms with Gasteiger partial charge in [-0.15, -0.1) is 0 Å². The summed E-state index contributed by atoms with van der Waals surface area (Å²) < 4.78 is 6.07. The maximum Gasteiger partial charge on any atom is 0.221 e. The van der Waals surface area contributed by atoms with Crippen LogP contribution in [0.2, 0.25) is 5.02 Å². The minimum Gasteiger partial charge on any atom is -0.438 e. The van der Waals surface area contributed by atoms with E-state index in [-0.39, 0.29) is 0 Å². The number of ether oxygens (including phenoxy) is 1. The Morgan fingerprint density at radius 3 is 2.35 bits per heavy atom. The van der Waals surface area contributed by atoms with Crippen molar-refractivity contribution in [3.05, 3.63) is 46.1 Å². The Morgan fingerprint density at radius 1 is 1.04 bits per heavy atom. The number of halogens is 1. The predicted octanol–water partition coefficient (Wildman–Crippen LogP) is 5.81. The fraction of sp³-hybridized carbons (Fsp3) is 0.421. The van der Waals surface area contributed by atoms with Crippen LogP contribution < -0.4 is 10.1 Å². The molecule has 0 amide bonds. The van der Waals surface area contributed by atoms with Gasteiger partial charge in [0, 0.05) is 28.5 Å². The molecule has 2 aromatic rings. The van der Waals surface area contributed by atoms with Crippen LogP contribution in [0.5, 0.6) is 11.6 Å². The molecule has 0 radical (unpaired) electrons. The molecule has 1 N–H and O–H groups in total.